The molecule has 0 saturated heterocycles. The van der Waals surface area contributed by atoms with Gasteiger partial charge in [-0.15, -0.1) is 0 Å². The molecule has 0 aliphatic heterocycles. The molecule has 0 aromatic heterocycles. The van der Waals surface area contributed by atoms with Gasteiger partial charge in [-0.2, -0.15) is 5.26 Å². The Morgan fingerprint density at radius 3 is 2.80 bits per heavy atom. The molecule has 1 aromatic carbocycles. The molecular formula is C12H16N2O. The highest BCUT2D eigenvalue weighted by molar-refractivity contribution is 5.51. The highest BCUT2D eigenvalue weighted by Crippen LogP contribution is 2.14. The van der Waals surface area contributed by atoms with Gasteiger partial charge < -0.3 is 10.1 Å². The van der Waals surface area contributed by atoms with Gasteiger partial charge in [0.15, 0.2) is 0 Å². The van der Waals surface area contributed by atoms with Crippen LogP contribution in [0.15, 0.2) is 18.2 Å². The Morgan fingerprint density at radius 2 is 2.27 bits per heavy atom. The molecule has 1 rings (SSSR count). The van der Waals surface area contributed by atoms with Crippen molar-refractivity contribution in [3.8, 4) is 6.07 Å². The van der Waals surface area contributed by atoms with E-state index in [0.29, 0.717) is 0 Å². The molecule has 0 amide bonds. The molecule has 0 aliphatic rings. The summed E-state index contributed by atoms with van der Waals surface area (Å²) >= 11 is 0. The second-order valence-electron chi connectivity index (χ2n) is 3.57. The summed E-state index contributed by atoms with van der Waals surface area (Å²) in [6, 6.07) is 7.86. The van der Waals surface area contributed by atoms with Crippen molar-refractivity contribution in [3.63, 3.8) is 0 Å². The second kappa shape index (κ2) is 5.38. The highest BCUT2D eigenvalue weighted by Gasteiger charge is 2.01. The van der Waals surface area contributed by atoms with Crippen LogP contribution in [0.4, 0.5) is 5.69 Å². The molecule has 1 atom stereocenters. The van der Waals surface area contributed by atoms with Crippen LogP contribution in [0.3, 0.4) is 0 Å². The SMILES string of the molecule is COC(C)CNc1ccc(C#N)c(C)c1. The van der Waals surface area contributed by atoms with Gasteiger partial charge in [0, 0.05) is 19.3 Å². The number of aryl methyl sites for hydroxylation is 1. The third kappa shape index (κ3) is 3.26. The van der Waals surface area contributed by atoms with Crippen molar-refractivity contribution in [2.45, 2.75) is 20.0 Å². The maximum absolute atomic E-state index is 8.78. The number of ether oxygens (including phenoxy) is 1. The summed E-state index contributed by atoms with van der Waals surface area (Å²) in [5, 5.41) is 12.0. The van der Waals surface area contributed by atoms with Crippen molar-refractivity contribution in [2.24, 2.45) is 0 Å². The minimum atomic E-state index is 0.181. The van der Waals surface area contributed by atoms with Crippen molar-refractivity contribution in [2.75, 3.05) is 19.0 Å². The summed E-state index contributed by atoms with van der Waals surface area (Å²) in [5.41, 5.74) is 2.74. The highest BCUT2D eigenvalue weighted by atomic mass is 16.5. The van der Waals surface area contributed by atoms with E-state index in [1.165, 1.54) is 0 Å². The van der Waals surface area contributed by atoms with E-state index in [1.54, 1.807) is 7.11 Å². The second-order valence-corrected chi connectivity index (χ2v) is 3.57. The minimum Gasteiger partial charge on any atom is -0.382 e. The Bertz CT molecular complexity index is 368. The molecule has 0 aliphatic carbocycles. The van der Waals surface area contributed by atoms with Gasteiger partial charge in [-0.25, -0.2) is 0 Å². The van der Waals surface area contributed by atoms with Gasteiger partial charge in [0.1, 0.15) is 0 Å². The van der Waals surface area contributed by atoms with Crippen molar-refractivity contribution in [3.05, 3.63) is 29.3 Å². The fraction of sp³-hybridized carbons (Fsp3) is 0.417. The predicted octanol–water partition coefficient (Wildman–Crippen LogP) is 2.31. The third-order valence-electron chi connectivity index (χ3n) is 2.34. The first-order chi connectivity index (χ1) is 7.17. The zero-order valence-electron chi connectivity index (χ0n) is 9.37. The van der Waals surface area contributed by atoms with Crippen LogP contribution in [0.2, 0.25) is 0 Å². The van der Waals surface area contributed by atoms with E-state index >= 15 is 0 Å². The number of nitrogens with zero attached hydrogens (tertiary/aromatic N) is 1. The zero-order valence-corrected chi connectivity index (χ0v) is 9.37. The molecule has 1 N–H and O–H groups in total. The molecule has 1 aromatic rings. The lowest BCUT2D eigenvalue weighted by atomic mass is 10.1. The van der Waals surface area contributed by atoms with Crippen LogP contribution in [0.1, 0.15) is 18.1 Å². The Labute approximate surface area is 90.7 Å². The van der Waals surface area contributed by atoms with Crippen molar-refractivity contribution in [1.29, 1.82) is 5.26 Å². The Hall–Kier alpha value is -1.53. The molecule has 3 nitrogen and oxygen atoms in total. The Balaban J connectivity index is 2.64. The van der Waals surface area contributed by atoms with Crippen LogP contribution < -0.4 is 5.32 Å². The number of nitrogens with one attached hydrogen (secondary N) is 1. The maximum atomic E-state index is 8.78. The molecule has 0 saturated carbocycles. The number of anilines is 1. The fourth-order valence-electron chi connectivity index (χ4n) is 1.24. The summed E-state index contributed by atoms with van der Waals surface area (Å²) in [6.45, 7) is 4.70. The molecular weight excluding hydrogens is 188 g/mol. The first kappa shape index (κ1) is 11.5. The largest absolute Gasteiger partial charge is 0.382 e. The Morgan fingerprint density at radius 1 is 1.53 bits per heavy atom. The van der Waals surface area contributed by atoms with Gasteiger partial charge in [-0.05, 0) is 37.6 Å². The molecule has 0 spiro atoms. The van der Waals surface area contributed by atoms with Crippen LogP contribution in [0, 0.1) is 18.3 Å². The Kier molecular flexibility index (Phi) is 4.14. The van der Waals surface area contributed by atoms with Crippen molar-refractivity contribution in [1.82, 2.24) is 0 Å². The first-order valence-electron chi connectivity index (χ1n) is 4.94. The van der Waals surface area contributed by atoms with Gasteiger partial charge in [0.2, 0.25) is 0 Å². The van der Waals surface area contributed by atoms with Crippen LogP contribution in [-0.4, -0.2) is 19.8 Å². The number of hydrogen-bond donors (Lipinski definition) is 1. The number of benzene rings is 1. The number of nitriles is 1. The van der Waals surface area contributed by atoms with Gasteiger partial charge in [0.25, 0.3) is 0 Å². The summed E-state index contributed by atoms with van der Waals surface area (Å²) < 4.78 is 5.13. The molecule has 1 unspecified atom stereocenters. The summed E-state index contributed by atoms with van der Waals surface area (Å²) in [5.74, 6) is 0. The molecule has 0 fully saturated rings. The molecule has 3 heteroatoms. The van der Waals surface area contributed by atoms with E-state index < -0.39 is 0 Å². The maximum Gasteiger partial charge on any atom is 0.0994 e. The molecule has 15 heavy (non-hydrogen) atoms. The van der Waals surface area contributed by atoms with E-state index in [0.717, 1.165) is 23.4 Å². The topological polar surface area (TPSA) is 45.0 Å². The van der Waals surface area contributed by atoms with Crippen LogP contribution in [-0.2, 0) is 4.74 Å². The molecule has 0 heterocycles. The van der Waals surface area contributed by atoms with E-state index in [9.17, 15) is 0 Å². The van der Waals surface area contributed by atoms with E-state index in [2.05, 4.69) is 11.4 Å². The van der Waals surface area contributed by atoms with Crippen LogP contribution in [0.5, 0.6) is 0 Å². The predicted molar refractivity (Wildman–Crippen MR) is 60.9 cm³/mol. The smallest absolute Gasteiger partial charge is 0.0994 e. The fourth-order valence-corrected chi connectivity index (χ4v) is 1.24. The average molecular weight is 204 g/mol. The normalized spacial score (nSPS) is 11.9. The van der Waals surface area contributed by atoms with Gasteiger partial charge in [-0.3, -0.25) is 0 Å². The van der Waals surface area contributed by atoms with E-state index in [-0.39, 0.29) is 6.10 Å². The number of methoxy groups -OCH3 is 1. The van der Waals surface area contributed by atoms with Crippen molar-refractivity contribution < 1.29 is 4.74 Å². The molecule has 0 radical (unpaired) electrons. The third-order valence-corrected chi connectivity index (χ3v) is 2.34. The van der Waals surface area contributed by atoms with Gasteiger partial charge in [-0.1, -0.05) is 0 Å². The molecule has 0 bridgehead atoms. The van der Waals surface area contributed by atoms with E-state index in [1.807, 2.05) is 32.0 Å². The number of rotatable bonds is 4. The van der Waals surface area contributed by atoms with E-state index in [4.69, 9.17) is 10.00 Å². The number of hydrogen-bond acceptors (Lipinski definition) is 3. The van der Waals surface area contributed by atoms with Gasteiger partial charge in [0.05, 0.1) is 17.7 Å². The average Bonchev–Trinajstić information content (AvgIpc) is 2.26. The summed E-state index contributed by atoms with van der Waals surface area (Å²) in [7, 11) is 1.69. The minimum absolute atomic E-state index is 0.181. The van der Waals surface area contributed by atoms with Crippen LogP contribution in [0.25, 0.3) is 0 Å². The molecule has 80 valence electrons. The zero-order chi connectivity index (χ0) is 11.3. The lowest BCUT2D eigenvalue weighted by Crippen LogP contribution is -2.18. The van der Waals surface area contributed by atoms with Crippen LogP contribution >= 0.6 is 0 Å². The lowest BCUT2D eigenvalue weighted by Gasteiger charge is -2.12. The quantitative estimate of drug-likeness (QED) is 0.818. The summed E-state index contributed by atoms with van der Waals surface area (Å²) in [4.78, 5) is 0. The lowest BCUT2D eigenvalue weighted by molar-refractivity contribution is 0.129. The summed E-state index contributed by atoms with van der Waals surface area (Å²) in [6.07, 6.45) is 0.181. The standard InChI is InChI=1S/C12H16N2O/c1-9-6-12(5-4-11(9)7-13)14-8-10(2)15-3/h4-6,10,14H,8H2,1-3H3. The van der Waals surface area contributed by atoms with Gasteiger partial charge >= 0.3 is 0 Å². The first-order valence-corrected chi connectivity index (χ1v) is 4.94. The van der Waals surface area contributed by atoms with Crippen molar-refractivity contribution >= 4 is 5.69 Å². The monoisotopic (exact) mass is 204 g/mol.